The topological polar surface area (TPSA) is 106 Å². The number of ether oxygens (including phenoxy) is 2. The summed E-state index contributed by atoms with van der Waals surface area (Å²) in [5.41, 5.74) is 4.15. The summed E-state index contributed by atoms with van der Waals surface area (Å²) >= 11 is 6.78. The molecule has 0 unspecified atom stereocenters. The van der Waals surface area contributed by atoms with E-state index in [1.165, 1.54) is 13.3 Å². The molecule has 0 saturated carbocycles. The molecule has 0 saturated heterocycles. The highest BCUT2D eigenvalue weighted by molar-refractivity contribution is 9.11. The van der Waals surface area contributed by atoms with Crippen LogP contribution >= 0.6 is 31.9 Å². The van der Waals surface area contributed by atoms with Crippen molar-refractivity contribution >= 4 is 50.0 Å². The lowest BCUT2D eigenvalue weighted by atomic mass is 10.2. The molecule has 0 atom stereocenters. The van der Waals surface area contributed by atoms with Crippen LogP contribution in [-0.4, -0.2) is 35.4 Å². The molecular weight excluding hydrogens is 520 g/mol. The summed E-state index contributed by atoms with van der Waals surface area (Å²) in [6, 6.07) is 11.7. The van der Waals surface area contributed by atoms with E-state index in [0.29, 0.717) is 21.3 Å². The molecule has 1 aromatic heterocycles. The largest absolute Gasteiger partial charge is 0.497 e. The minimum atomic E-state index is -0.567. The summed E-state index contributed by atoms with van der Waals surface area (Å²) in [6.07, 6.45) is 1.38. The first-order chi connectivity index (χ1) is 14.4. The van der Waals surface area contributed by atoms with Crippen molar-refractivity contribution < 1.29 is 19.1 Å². The van der Waals surface area contributed by atoms with Gasteiger partial charge in [-0.15, -0.1) is 0 Å². The number of hydrogen-bond donors (Lipinski definition) is 2. The lowest BCUT2D eigenvalue weighted by Crippen LogP contribution is -2.18. The van der Waals surface area contributed by atoms with Crippen molar-refractivity contribution in [3.63, 3.8) is 0 Å². The van der Waals surface area contributed by atoms with Gasteiger partial charge in [0, 0.05) is 15.7 Å². The average Bonchev–Trinajstić information content (AvgIpc) is 3.16. The molecule has 0 bridgehead atoms. The SMILES string of the molecule is COc1cccc(C(=O)Oc2c(Br)cc(Br)cc2C=NNC(=O)c2cc(C)[nH]n2)c1. The number of aromatic amines is 1. The number of aryl methyl sites for hydroxylation is 1. The van der Waals surface area contributed by atoms with Crippen molar-refractivity contribution in [3.8, 4) is 11.5 Å². The molecule has 154 valence electrons. The van der Waals surface area contributed by atoms with E-state index in [1.807, 2.05) is 0 Å². The van der Waals surface area contributed by atoms with E-state index in [1.54, 1.807) is 49.4 Å². The molecule has 8 nitrogen and oxygen atoms in total. The van der Waals surface area contributed by atoms with Gasteiger partial charge in [-0.05, 0) is 59.3 Å². The lowest BCUT2D eigenvalue weighted by molar-refractivity contribution is 0.0732. The number of halogens is 2. The van der Waals surface area contributed by atoms with Crippen molar-refractivity contribution in [1.29, 1.82) is 0 Å². The number of nitrogens with zero attached hydrogens (tertiary/aromatic N) is 2. The first-order valence-electron chi connectivity index (χ1n) is 8.58. The molecule has 0 spiro atoms. The van der Waals surface area contributed by atoms with Crippen LogP contribution in [0.25, 0.3) is 0 Å². The molecule has 0 aliphatic rings. The molecule has 30 heavy (non-hydrogen) atoms. The zero-order valence-corrected chi connectivity index (χ0v) is 19.1. The second-order valence-electron chi connectivity index (χ2n) is 6.06. The van der Waals surface area contributed by atoms with E-state index in [0.717, 1.165) is 10.2 Å². The van der Waals surface area contributed by atoms with Gasteiger partial charge in [0.15, 0.2) is 11.4 Å². The number of hydrazone groups is 1. The van der Waals surface area contributed by atoms with Crippen LogP contribution in [0.3, 0.4) is 0 Å². The summed E-state index contributed by atoms with van der Waals surface area (Å²) in [5.74, 6) is -0.251. The maximum absolute atomic E-state index is 12.6. The molecule has 10 heteroatoms. The van der Waals surface area contributed by atoms with Crippen LogP contribution in [-0.2, 0) is 0 Å². The van der Waals surface area contributed by atoms with Crippen molar-refractivity contribution in [3.05, 3.63) is 73.9 Å². The van der Waals surface area contributed by atoms with Gasteiger partial charge in [0.1, 0.15) is 5.75 Å². The van der Waals surface area contributed by atoms with Crippen LogP contribution in [0.2, 0.25) is 0 Å². The predicted octanol–water partition coefficient (Wildman–Crippen LogP) is 4.23. The predicted molar refractivity (Wildman–Crippen MR) is 118 cm³/mol. The quantitative estimate of drug-likeness (QED) is 0.212. The first-order valence-corrected chi connectivity index (χ1v) is 10.2. The summed E-state index contributed by atoms with van der Waals surface area (Å²) in [5, 5.41) is 10.5. The van der Waals surface area contributed by atoms with Crippen molar-refractivity contribution in [1.82, 2.24) is 15.6 Å². The third kappa shape index (κ3) is 5.33. The number of carbonyl (C=O) groups is 2. The maximum Gasteiger partial charge on any atom is 0.343 e. The van der Waals surface area contributed by atoms with E-state index < -0.39 is 11.9 Å². The van der Waals surface area contributed by atoms with Gasteiger partial charge in [0.2, 0.25) is 0 Å². The van der Waals surface area contributed by atoms with Crippen LogP contribution in [0.1, 0.15) is 32.1 Å². The number of aromatic nitrogens is 2. The normalized spacial score (nSPS) is 10.8. The monoisotopic (exact) mass is 534 g/mol. The number of rotatable bonds is 6. The zero-order valence-electron chi connectivity index (χ0n) is 15.9. The van der Waals surface area contributed by atoms with E-state index in [2.05, 4.69) is 52.6 Å². The summed E-state index contributed by atoms with van der Waals surface area (Å²) in [7, 11) is 1.52. The Labute approximate surface area is 188 Å². The summed E-state index contributed by atoms with van der Waals surface area (Å²) < 4.78 is 12.0. The van der Waals surface area contributed by atoms with E-state index in [-0.39, 0.29) is 11.4 Å². The van der Waals surface area contributed by atoms with Crippen LogP contribution in [0.5, 0.6) is 11.5 Å². The van der Waals surface area contributed by atoms with Gasteiger partial charge in [-0.2, -0.15) is 10.2 Å². The number of methoxy groups -OCH3 is 1. The molecule has 0 fully saturated rings. The highest BCUT2D eigenvalue weighted by atomic mass is 79.9. The van der Waals surface area contributed by atoms with E-state index >= 15 is 0 Å². The van der Waals surface area contributed by atoms with Crippen LogP contribution in [0, 0.1) is 6.92 Å². The number of carbonyl (C=O) groups excluding carboxylic acids is 2. The molecule has 1 amide bonds. The number of hydrogen-bond acceptors (Lipinski definition) is 6. The third-order valence-electron chi connectivity index (χ3n) is 3.85. The molecule has 1 heterocycles. The summed E-state index contributed by atoms with van der Waals surface area (Å²) in [6.45, 7) is 1.79. The van der Waals surface area contributed by atoms with Gasteiger partial charge in [0.05, 0.1) is 23.4 Å². The van der Waals surface area contributed by atoms with Crippen molar-refractivity contribution in [2.45, 2.75) is 6.92 Å². The van der Waals surface area contributed by atoms with Gasteiger partial charge in [-0.3, -0.25) is 9.89 Å². The standard InChI is InChI=1S/C20H16Br2N4O4/c1-11-6-17(25-24-11)19(27)26-23-10-13-7-14(21)9-16(22)18(13)30-20(28)12-4-3-5-15(8-12)29-2/h3-10H,1-2H3,(H,24,25)(H,26,27). The molecule has 2 N–H and O–H groups in total. The Hall–Kier alpha value is -2.98. The number of H-pyrrole nitrogens is 1. The Kier molecular flexibility index (Phi) is 7.01. The van der Waals surface area contributed by atoms with Gasteiger partial charge in [-0.25, -0.2) is 10.2 Å². The minimum absolute atomic E-state index is 0.213. The Morgan fingerprint density at radius 1 is 1.20 bits per heavy atom. The Bertz CT molecular complexity index is 1130. The first kappa shape index (κ1) is 21.7. The molecule has 3 rings (SSSR count). The molecular formula is C20H16Br2N4O4. The smallest absolute Gasteiger partial charge is 0.343 e. The van der Waals surface area contributed by atoms with Gasteiger partial charge >= 0.3 is 5.97 Å². The number of nitrogens with one attached hydrogen (secondary N) is 2. The van der Waals surface area contributed by atoms with Crippen LogP contribution in [0.4, 0.5) is 0 Å². The van der Waals surface area contributed by atoms with Gasteiger partial charge < -0.3 is 9.47 Å². The fraction of sp³-hybridized carbons (Fsp3) is 0.100. The zero-order chi connectivity index (χ0) is 21.7. The van der Waals surface area contributed by atoms with Crippen LogP contribution < -0.4 is 14.9 Å². The van der Waals surface area contributed by atoms with Gasteiger partial charge in [0.25, 0.3) is 5.91 Å². The average molecular weight is 536 g/mol. The number of benzene rings is 2. The van der Waals surface area contributed by atoms with E-state index in [4.69, 9.17) is 9.47 Å². The van der Waals surface area contributed by atoms with Crippen molar-refractivity contribution in [2.75, 3.05) is 7.11 Å². The molecule has 3 aromatic rings. The second kappa shape index (κ2) is 9.68. The minimum Gasteiger partial charge on any atom is -0.497 e. The Morgan fingerprint density at radius 3 is 2.70 bits per heavy atom. The Balaban J connectivity index is 1.81. The molecule has 2 aromatic carbocycles. The summed E-state index contributed by atoms with van der Waals surface area (Å²) in [4.78, 5) is 24.7. The maximum atomic E-state index is 12.6. The number of amides is 1. The van der Waals surface area contributed by atoms with Gasteiger partial charge in [-0.1, -0.05) is 22.0 Å². The highest BCUT2D eigenvalue weighted by Crippen LogP contribution is 2.33. The lowest BCUT2D eigenvalue weighted by Gasteiger charge is -2.11. The Morgan fingerprint density at radius 2 is 2.00 bits per heavy atom. The third-order valence-corrected chi connectivity index (χ3v) is 4.89. The van der Waals surface area contributed by atoms with E-state index in [9.17, 15) is 9.59 Å². The number of esters is 1. The fourth-order valence-electron chi connectivity index (χ4n) is 2.44. The van der Waals surface area contributed by atoms with Crippen LogP contribution in [0.15, 0.2) is 56.5 Å². The highest BCUT2D eigenvalue weighted by Gasteiger charge is 2.16. The molecule has 0 aliphatic heterocycles. The molecule has 0 radical (unpaired) electrons. The second-order valence-corrected chi connectivity index (χ2v) is 7.83. The fourth-order valence-corrected chi connectivity index (χ4v) is 3.78. The van der Waals surface area contributed by atoms with Crippen molar-refractivity contribution in [2.24, 2.45) is 5.10 Å². The molecule has 0 aliphatic carbocycles.